The topological polar surface area (TPSA) is 105 Å². The van der Waals surface area contributed by atoms with Crippen LogP contribution in [0.25, 0.3) is 11.0 Å². The number of carbonyl (C=O) groups is 1. The van der Waals surface area contributed by atoms with Crippen LogP contribution in [-0.4, -0.2) is 56.3 Å². The van der Waals surface area contributed by atoms with Gasteiger partial charge in [-0.25, -0.2) is 22.7 Å². The van der Waals surface area contributed by atoms with Crippen LogP contribution in [0.15, 0.2) is 18.2 Å². The highest BCUT2D eigenvalue weighted by Crippen LogP contribution is 2.43. The standard InChI is InChI=1S/C30H47F5N4O4SSi/c1-19(30(33,34)35)15-24(40)37-27(41)20-10-11-23-22(16-20)36-26(39(23)18-43-13-14-45(5,6)7)25(38-44(42)28(2,3)4)21-9-8-12-29(31,32)17-21/h10-11,16,19,21,25,27,38,41H,8-9,12-15,17-18H2,1-7H3,(H,37,40)/t19?,21-,25+,27-,44-/m1/s1. The molecule has 1 fully saturated rings. The fourth-order valence-electron chi connectivity index (χ4n) is 5.08. The highest BCUT2D eigenvalue weighted by molar-refractivity contribution is 7.84. The van der Waals surface area contributed by atoms with Crippen molar-refractivity contribution < 1.29 is 40.8 Å². The third kappa shape index (κ3) is 10.8. The van der Waals surface area contributed by atoms with Crippen LogP contribution in [0.1, 0.15) is 83.5 Å². The van der Waals surface area contributed by atoms with Crippen LogP contribution in [0.5, 0.6) is 0 Å². The van der Waals surface area contributed by atoms with Crippen LogP contribution in [0, 0.1) is 11.8 Å². The normalized spacial score (nSPS) is 20.5. The first-order valence-corrected chi connectivity index (χ1v) is 20.1. The Morgan fingerprint density at radius 1 is 1.24 bits per heavy atom. The molecule has 2 aromatic rings. The molecule has 0 spiro atoms. The van der Waals surface area contributed by atoms with E-state index in [-0.39, 0.29) is 18.7 Å². The van der Waals surface area contributed by atoms with E-state index in [0.29, 0.717) is 36.3 Å². The lowest BCUT2D eigenvalue weighted by Crippen LogP contribution is -2.42. The first-order valence-electron chi connectivity index (χ1n) is 15.3. The van der Waals surface area contributed by atoms with E-state index in [2.05, 4.69) is 29.7 Å². The van der Waals surface area contributed by atoms with Crippen molar-refractivity contribution >= 4 is 36.0 Å². The van der Waals surface area contributed by atoms with Gasteiger partial charge < -0.3 is 19.7 Å². The third-order valence-corrected chi connectivity index (χ3v) is 11.2. The molecule has 3 N–H and O–H groups in total. The van der Waals surface area contributed by atoms with Gasteiger partial charge in [-0.1, -0.05) is 32.6 Å². The highest BCUT2D eigenvalue weighted by atomic mass is 32.2. The number of aliphatic hydroxyl groups is 1. The first-order chi connectivity index (χ1) is 20.6. The lowest BCUT2D eigenvalue weighted by Gasteiger charge is -2.35. The number of aromatic nitrogens is 2. The molecule has 1 heterocycles. The quantitative estimate of drug-likeness (QED) is 0.0917. The molecule has 1 aliphatic rings. The Kier molecular flexibility index (Phi) is 12.0. The summed E-state index contributed by atoms with van der Waals surface area (Å²) in [5.74, 6) is -5.97. The Morgan fingerprint density at radius 3 is 2.49 bits per heavy atom. The predicted molar refractivity (Wildman–Crippen MR) is 167 cm³/mol. The number of hydrogen-bond donors (Lipinski definition) is 3. The lowest BCUT2D eigenvalue weighted by molar-refractivity contribution is -0.174. The summed E-state index contributed by atoms with van der Waals surface area (Å²) >= 11 is 0. The number of nitrogens with one attached hydrogen (secondary N) is 2. The molecule has 1 aliphatic carbocycles. The Balaban J connectivity index is 2.02. The number of fused-ring (bicyclic) bond motifs is 1. The Morgan fingerprint density at radius 2 is 1.91 bits per heavy atom. The maximum absolute atomic E-state index is 14.7. The lowest BCUT2D eigenvalue weighted by atomic mass is 9.81. The van der Waals surface area contributed by atoms with E-state index in [4.69, 9.17) is 9.72 Å². The minimum Gasteiger partial charge on any atom is -0.369 e. The van der Waals surface area contributed by atoms with E-state index >= 15 is 0 Å². The minimum absolute atomic E-state index is 0.0493. The molecule has 0 saturated heterocycles. The first kappa shape index (κ1) is 37.5. The van der Waals surface area contributed by atoms with Crippen molar-refractivity contribution in [1.29, 1.82) is 0 Å². The number of carbonyl (C=O) groups excluding carboxylic acids is 1. The molecule has 1 unspecified atom stereocenters. The summed E-state index contributed by atoms with van der Waals surface area (Å²) in [5.41, 5.74) is 1.09. The average molecular weight is 683 g/mol. The second-order valence-electron chi connectivity index (χ2n) is 14.3. The van der Waals surface area contributed by atoms with Crippen LogP contribution in [-0.2, 0) is 27.2 Å². The number of halogens is 5. The van der Waals surface area contributed by atoms with Crippen molar-refractivity contribution in [3.63, 3.8) is 0 Å². The molecule has 1 amide bonds. The molecule has 0 aliphatic heterocycles. The zero-order valence-electron chi connectivity index (χ0n) is 27.1. The molecule has 256 valence electrons. The number of alkyl halides is 5. The van der Waals surface area contributed by atoms with E-state index in [0.717, 1.165) is 13.0 Å². The smallest absolute Gasteiger partial charge is 0.369 e. The molecule has 1 aromatic heterocycles. The number of aliphatic hydroxyl groups excluding tert-OH is 1. The molecule has 15 heteroatoms. The van der Waals surface area contributed by atoms with Crippen LogP contribution in [0.2, 0.25) is 25.7 Å². The van der Waals surface area contributed by atoms with Crippen molar-refractivity contribution in [2.75, 3.05) is 6.61 Å². The van der Waals surface area contributed by atoms with Gasteiger partial charge >= 0.3 is 6.18 Å². The number of benzene rings is 1. The minimum atomic E-state index is -4.55. The molecule has 0 radical (unpaired) electrons. The van der Waals surface area contributed by atoms with Crippen molar-refractivity contribution in [1.82, 2.24) is 19.6 Å². The summed E-state index contributed by atoms with van der Waals surface area (Å²) in [6, 6.07) is 4.70. The van der Waals surface area contributed by atoms with Gasteiger partial charge in [0, 0.05) is 39.5 Å². The largest absolute Gasteiger partial charge is 0.392 e. The summed E-state index contributed by atoms with van der Waals surface area (Å²) < 4.78 is 91.7. The molecule has 8 nitrogen and oxygen atoms in total. The Hall–Kier alpha value is -1.94. The maximum atomic E-state index is 14.7. The van der Waals surface area contributed by atoms with Crippen molar-refractivity contribution in [2.45, 2.75) is 121 Å². The van der Waals surface area contributed by atoms with Crippen molar-refractivity contribution in [2.24, 2.45) is 11.8 Å². The molecule has 3 rings (SSSR count). The fourth-order valence-corrected chi connectivity index (χ4v) is 6.72. The molecular formula is C30H47F5N4O4SSi. The van der Waals surface area contributed by atoms with Gasteiger partial charge in [-0.3, -0.25) is 4.79 Å². The van der Waals surface area contributed by atoms with Gasteiger partial charge in [0.25, 0.3) is 0 Å². The predicted octanol–water partition coefficient (Wildman–Crippen LogP) is 6.96. The zero-order valence-corrected chi connectivity index (χ0v) is 28.9. The van der Waals surface area contributed by atoms with Crippen LogP contribution < -0.4 is 10.0 Å². The second kappa shape index (κ2) is 14.4. The number of hydrogen-bond acceptors (Lipinski definition) is 5. The van der Waals surface area contributed by atoms with E-state index in [9.17, 15) is 36.1 Å². The third-order valence-electron chi connectivity index (χ3n) is 7.90. The molecule has 45 heavy (non-hydrogen) atoms. The monoisotopic (exact) mass is 682 g/mol. The van der Waals surface area contributed by atoms with Crippen molar-refractivity contribution in [3.05, 3.63) is 29.6 Å². The van der Waals surface area contributed by atoms with E-state index < -0.39 is 78.8 Å². The van der Waals surface area contributed by atoms with Gasteiger partial charge in [0.05, 0.1) is 38.7 Å². The molecule has 1 aromatic carbocycles. The Bertz CT molecular complexity index is 1340. The summed E-state index contributed by atoms with van der Waals surface area (Å²) in [7, 11) is -3.04. The number of rotatable bonds is 13. The van der Waals surface area contributed by atoms with Gasteiger partial charge in [0.15, 0.2) is 6.23 Å². The number of nitrogens with zero attached hydrogens (tertiary/aromatic N) is 2. The number of amides is 1. The highest BCUT2D eigenvalue weighted by Gasteiger charge is 2.42. The summed E-state index contributed by atoms with van der Waals surface area (Å²) in [6.45, 7) is 13.4. The second-order valence-corrected chi connectivity index (χ2v) is 21.9. The van der Waals surface area contributed by atoms with Gasteiger partial charge in [0.1, 0.15) is 12.6 Å². The van der Waals surface area contributed by atoms with E-state index in [1.54, 1.807) is 31.4 Å². The summed E-state index contributed by atoms with van der Waals surface area (Å²) in [4.78, 5) is 17.0. The Labute approximate surface area is 265 Å². The molecule has 1 saturated carbocycles. The number of imidazole rings is 1. The SMILES string of the molecule is CC(CC(=O)N[C@H](O)c1ccc2c(c1)nc([C@@H](N[S@](=O)C(C)(C)C)[C@@H]1CCCC(F)(F)C1)n2COCC[Si](C)(C)C)C(F)(F)F. The van der Waals surface area contributed by atoms with Gasteiger partial charge in [-0.2, -0.15) is 13.2 Å². The van der Waals surface area contributed by atoms with Crippen LogP contribution in [0.4, 0.5) is 22.0 Å². The number of ether oxygens (including phenoxy) is 1. The molecular weight excluding hydrogens is 635 g/mol. The van der Waals surface area contributed by atoms with Gasteiger partial charge in [-0.15, -0.1) is 0 Å². The van der Waals surface area contributed by atoms with Crippen LogP contribution in [0.3, 0.4) is 0 Å². The average Bonchev–Trinajstić information content (AvgIpc) is 3.24. The zero-order chi connectivity index (χ0) is 34.0. The summed E-state index contributed by atoms with van der Waals surface area (Å²) in [5, 5.41) is 12.9. The maximum Gasteiger partial charge on any atom is 0.392 e. The van der Waals surface area contributed by atoms with Crippen LogP contribution >= 0.6 is 0 Å². The molecule has 5 atom stereocenters. The van der Waals surface area contributed by atoms with Gasteiger partial charge in [0.2, 0.25) is 11.8 Å². The molecule has 0 bridgehead atoms. The van der Waals surface area contributed by atoms with Crippen molar-refractivity contribution in [3.8, 4) is 0 Å². The van der Waals surface area contributed by atoms with E-state index in [1.165, 1.54) is 12.1 Å². The van der Waals surface area contributed by atoms with E-state index in [1.807, 2.05) is 0 Å². The fraction of sp³-hybridized carbons (Fsp3) is 0.733. The summed E-state index contributed by atoms with van der Waals surface area (Å²) in [6.07, 6.45) is -6.86. The van der Waals surface area contributed by atoms with Gasteiger partial charge in [-0.05, 0) is 57.7 Å².